The Labute approximate surface area is 136 Å². The Morgan fingerprint density at radius 3 is 2.82 bits per heavy atom. The van der Waals surface area contributed by atoms with Gasteiger partial charge in [0.25, 0.3) is 0 Å². The van der Waals surface area contributed by atoms with Crippen LogP contribution in [-0.2, 0) is 4.79 Å². The molecule has 2 aromatic heterocycles. The maximum atomic E-state index is 12.1. The van der Waals surface area contributed by atoms with Gasteiger partial charge >= 0.3 is 0 Å². The number of hydrogen-bond donors (Lipinski definition) is 2. The third-order valence-corrected chi connectivity index (χ3v) is 4.21. The average molecular weight is 359 g/mol. The summed E-state index contributed by atoms with van der Waals surface area (Å²) in [4.78, 5) is 16.1. The molecule has 0 bridgehead atoms. The number of hydrogen-bond acceptors (Lipinski definition) is 3. The Morgan fingerprint density at radius 2 is 2.05 bits per heavy atom. The lowest BCUT2D eigenvalue weighted by molar-refractivity contribution is -0.115. The second-order valence-electron chi connectivity index (χ2n) is 4.99. The van der Waals surface area contributed by atoms with E-state index < -0.39 is 0 Å². The fourth-order valence-corrected chi connectivity index (χ4v) is 2.81. The predicted molar refractivity (Wildman–Crippen MR) is 89.4 cm³/mol. The number of pyridine rings is 1. The van der Waals surface area contributed by atoms with Gasteiger partial charge in [0.05, 0.1) is 12.1 Å². The molecule has 1 aliphatic carbocycles. The van der Waals surface area contributed by atoms with Crippen LogP contribution in [0.25, 0.3) is 11.3 Å². The molecule has 0 spiro atoms. The largest absolute Gasteiger partial charge is 0.309 e. The van der Waals surface area contributed by atoms with Gasteiger partial charge in [-0.2, -0.15) is 5.10 Å². The zero-order valence-corrected chi connectivity index (χ0v) is 13.4. The number of anilines is 1. The molecule has 2 aromatic rings. The van der Waals surface area contributed by atoms with E-state index in [2.05, 4.69) is 48.6 Å². The maximum absolute atomic E-state index is 12.1. The Hall–Kier alpha value is -2.21. The van der Waals surface area contributed by atoms with Crippen molar-refractivity contribution in [3.63, 3.8) is 0 Å². The lowest BCUT2D eigenvalue weighted by Gasteiger charge is -2.10. The molecular weight excluding hydrogens is 344 g/mol. The normalized spacial score (nSPS) is 14.2. The fraction of sp³-hybridized carbons (Fsp3) is 0.188. The molecule has 0 fully saturated rings. The zero-order valence-electron chi connectivity index (χ0n) is 11.8. The molecule has 1 aliphatic rings. The number of amides is 1. The third-order valence-electron chi connectivity index (χ3n) is 3.38. The first-order valence-corrected chi connectivity index (χ1v) is 7.82. The molecule has 3 rings (SSSR count). The average Bonchev–Trinajstić information content (AvgIpc) is 2.99. The molecular formula is C16H15BrN4O. The first-order chi connectivity index (χ1) is 10.7. The lowest BCUT2D eigenvalue weighted by atomic mass is 10.0. The van der Waals surface area contributed by atoms with E-state index in [4.69, 9.17) is 0 Å². The van der Waals surface area contributed by atoms with E-state index >= 15 is 0 Å². The van der Waals surface area contributed by atoms with Crippen molar-refractivity contribution in [3.8, 4) is 11.3 Å². The van der Waals surface area contributed by atoms with Crippen molar-refractivity contribution in [2.24, 2.45) is 0 Å². The van der Waals surface area contributed by atoms with Gasteiger partial charge in [-0.15, -0.1) is 0 Å². The topological polar surface area (TPSA) is 70.7 Å². The van der Waals surface area contributed by atoms with Gasteiger partial charge in [0, 0.05) is 28.5 Å². The van der Waals surface area contributed by atoms with Crippen LogP contribution in [0, 0.1) is 0 Å². The SMILES string of the molecule is O=C(CC1=CCCC=C1Br)Nc1cc(-c2ccncc2)[nH]n1. The molecule has 0 saturated heterocycles. The number of aromatic nitrogens is 3. The Bertz CT molecular complexity index is 734. The standard InChI is InChI=1S/C16H15BrN4O/c17-13-4-2-1-3-12(13)9-16(22)19-15-10-14(20-21-15)11-5-7-18-8-6-11/h3-8,10H,1-2,9H2,(H2,19,20,21,22). The van der Waals surface area contributed by atoms with E-state index in [-0.39, 0.29) is 5.91 Å². The number of carbonyl (C=O) groups excluding carboxylic acids is 1. The van der Waals surface area contributed by atoms with Gasteiger partial charge < -0.3 is 5.32 Å². The van der Waals surface area contributed by atoms with Gasteiger partial charge in [0.15, 0.2) is 5.82 Å². The van der Waals surface area contributed by atoms with Gasteiger partial charge in [-0.3, -0.25) is 14.9 Å². The van der Waals surface area contributed by atoms with Crippen LogP contribution in [0.2, 0.25) is 0 Å². The third kappa shape index (κ3) is 3.51. The Kier molecular flexibility index (Phi) is 4.48. The number of aromatic amines is 1. The first-order valence-electron chi connectivity index (χ1n) is 7.03. The van der Waals surface area contributed by atoms with E-state index in [0.29, 0.717) is 12.2 Å². The molecule has 22 heavy (non-hydrogen) atoms. The van der Waals surface area contributed by atoms with Crippen LogP contribution < -0.4 is 5.32 Å². The van der Waals surface area contributed by atoms with Crippen molar-refractivity contribution < 1.29 is 4.79 Å². The number of carbonyl (C=O) groups is 1. The van der Waals surface area contributed by atoms with E-state index in [9.17, 15) is 4.79 Å². The number of allylic oxidation sites excluding steroid dienone is 3. The highest BCUT2D eigenvalue weighted by molar-refractivity contribution is 9.12. The van der Waals surface area contributed by atoms with E-state index in [0.717, 1.165) is 34.2 Å². The maximum Gasteiger partial charge on any atom is 0.230 e. The van der Waals surface area contributed by atoms with Crippen molar-refractivity contribution in [1.29, 1.82) is 0 Å². The van der Waals surface area contributed by atoms with Gasteiger partial charge in [0.2, 0.25) is 5.91 Å². The van der Waals surface area contributed by atoms with Gasteiger partial charge in [-0.25, -0.2) is 0 Å². The number of halogens is 1. The first kappa shape index (κ1) is 14.7. The van der Waals surface area contributed by atoms with E-state index in [1.165, 1.54) is 0 Å². The van der Waals surface area contributed by atoms with Crippen LogP contribution in [0.3, 0.4) is 0 Å². The monoisotopic (exact) mass is 358 g/mol. The molecule has 1 amide bonds. The molecule has 0 radical (unpaired) electrons. The minimum absolute atomic E-state index is 0.0775. The van der Waals surface area contributed by atoms with Crippen molar-refractivity contribution in [1.82, 2.24) is 15.2 Å². The summed E-state index contributed by atoms with van der Waals surface area (Å²) in [6.07, 6.45) is 9.96. The van der Waals surface area contributed by atoms with Crippen LogP contribution in [0.15, 0.2) is 52.8 Å². The summed E-state index contributed by atoms with van der Waals surface area (Å²) in [6.45, 7) is 0. The molecule has 0 atom stereocenters. The lowest BCUT2D eigenvalue weighted by Crippen LogP contribution is -2.13. The Morgan fingerprint density at radius 1 is 1.27 bits per heavy atom. The van der Waals surface area contributed by atoms with Crippen molar-refractivity contribution in [2.45, 2.75) is 19.3 Å². The molecule has 112 valence electrons. The summed E-state index contributed by atoms with van der Waals surface area (Å²) in [5.74, 6) is 0.444. The van der Waals surface area contributed by atoms with Gasteiger partial charge in [0.1, 0.15) is 0 Å². The summed E-state index contributed by atoms with van der Waals surface area (Å²) in [7, 11) is 0. The summed E-state index contributed by atoms with van der Waals surface area (Å²) in [5, 5.41) is 9.85. The Balaban J connectivity index is 1.64. The van der Waals surface area contributed by atoms with Crippen LogP contribution in [0.4, 0.5) is 5.82 Å². The van der Waals surface area contributed by atoms with Crippen molar-refractivity contribution in [2.75, 3.05) is 5.32 Å². The van der Waals surface area contributed by atoms with Crippen molar-refractivity contribution >= 4 is 27.7 Å². The van der Waals surface area contributed by atoms with Crippen molar-refractivity contribution in [3.05, 3.63) is 52.8 Å². The zero-order chi connectivity index (χ0) is 15.4. The fourth-order valence-electron chi connectivity index (χ4n) is 2.28. The van der Waals surface area contributed by atoms with Crippen LogP contribution in [-0.4, -0.2) is 21.1 Å². The molecule has 6 heteroatoms. The minimum atomic E-state index is -0.0775. The summed E-state index contributed by atoms with van der Waals surface area (Å²) >= 11 is 3.49. The second-order valence-corrected chi connectivity index (χ2v) is 5.84. The number of H-pyrrole nitrogens is 1. The quantitative estimate of drug-likeness (QED) is 0.872. The van der Waals surface area contributed by atoms with Gasteiger partial charge in [-0.1, -0.05) is 28.1 Å². The molecule has 2 heterocycles. The number of nitrogens with zero attached hydrogens (tertiary/aromatic N) is 2. The predicted octanol–water partition coefficient (Wildman–Crippen LogP) is 3.80. The molecule has 5 nitrogen and oxygen atoms in total. The highest BCUT2D eigenvalue weighted by Crippen LogP contribution is 2.26. The van der Waals surface area contributed by atoms with Crippen LogP contribution in [0.1, 0.15) is 19.3 Å². The molecule has 0 aromatic carbocycles. The highest BCUT2D eigenvalue weighted by atomic mass is 79.9. The summed E-state index contributed by atoms with van der Waals surface area (Å²) < 4.78 is 1.01. The molecule has 2 N–H and O–H groups in total. The second kappa shape index (κ2) is 6.70. The minimum Gasteiger partial charge on any atom is -0.309 e. The molecule has 0 saturated carbocycles. The highest BCUT2D eigenvalue weighted by Gasteiger charge is 2.12. The number of nitrogens with one attached hydrogen (secondary N) is 2. The molecule has 0 aliphatic heterocycles. The summed E-state index contributed by atoms with van der Waals surface area (Å²) in [5.41, 5.74) is 2.84. The summed E-state index contributed by atoms with van der Waals surface area (Å²) in [6, 6.07) is 5.58. The smallest absolute Gasteiger partial charge is 0.230 e. The molecule has 0 unspecified atom stereocenters. The number of rotatable bonds is 4. The van der Waals surface area contributed by atoms with Gasteiger partial charge in [-0.05, 0) is 30.5 Å². The van der Waals surface area contributed by atoms with E-state index in [1.807, 2.05) is 18.2 Å². The van der Waals surface area contributed by atoms with E-state index in [1.54, 1.807) is 12.4 Å². The van der Waals surface area contributed by atoms with Crippen LogP contribution >= 0.6 is 15.9 Å². The van der Waals surface area contributed by atoms with Crippen LogP contribution in [0.5, 0.6) is 0 Å².